The first kappa shape index (κ1) is 18.0. The number of amides is 1. The number of nitrogens with one attached hydrogen (secondary N) is 1. The van der Waals surface area contributed by atoms with Crippen LogP contribution in [0.2, 0.25) is 0 Å². The Balaban J connectivity index is 1.87. The van der Waals surface area contributed by atoms with Gasteiger partial charge in [0, 0.05) is 12.0 Å². The number of rotatable bonds is 7. The molecule has 5 nitrogen and oxygen atoms in total. The molecule has 126 valence electrons. The summed E-state index contributed by atoms with van der Waals surface area (Å²) in [5.41, 5.74) is 2.06. The van der Waals surface area contributed by atoms with Crippen molar-refractivity contribution in [3.63, 3.8) is 0 Å². The van der Waals surface area contributed by atoms with Crippen molar-refractivity contribution in [3.05, 3.63) is 59.7 Å². The van der Waals surface area contributed by atoms with Gasteiger partial charge in [0.05, 0.1) is 17.9 Å². The Hall–Kier alpha value is -2.31. The summed E-state index contributed by atoms with van der Waals surface area (Å²) in [5.74, 6) is -0.909. The van der Waals surface area contributed by atoms with Gasteiger partial charge in [-0.15, -0.1) is 11.8 Å². The SMILES string of the molecule is COCc1ccc(C(=O)OCC(=O)Nc2ccccc2SC)cc1. The number of ether oxygens (including phenoxy) is 2. The van der Waals surface area contributed by atoms with Crippen LogP contribution < -0.4 is 5.32 Å². The predicted octanol–water partition coefficient (Wildman–Crippen LogP) is 3.35. The van der Waals surface area contributed by atoms with Crippen LogP contribution in [0.5, 0.6) is 0 Å². The fourth-order valence-electron chi connectivity index (χ4n) is 2.05. The Bertz CT molecular complexity index is 700. The summed E-state index contributed by atoms with van der Waals surface area (Å²) in [5, 5.41) is 2.74. The smallest absolute Gasteiger partial charge is 0.338 e. The lowest BCUT2D eigenvalue weighted by atomic mass is 10.1. The zero-order valence-electron chi connectivity index (χ0n) is 13.6. The van der Waals surface area contributed by atoms with Gasteiger partial charge in [-0.1, -0.05) is 24.3 Å². The molecular weight excluding hydrogens is 326 g/mol. The van der Waals surface area contributed by atoms with Crippen molar-refractivity contribution in [3.8, 4) is 0 Å². The quantitative estimate of drug-likeness (QED) is 0.616. The van der Waals surface area contributed by atoms with Gasteiger partial charge in [0.25, 0.3) is 5.91 Å². The van der Waals surface area contributed by atoms with Gasteiger partial charge in [0.2, 0.25) is 0 Å². The van der Waals surface area contributed by atoms with Crippen LogP contribution in [0, 0.1) is 0 Å². The molecule has 24 heavy (non-hydrogen) atoms. The van der Waals surface area contributed by atoms with Crippen molar-refractivity contribution in [1.82, 2.24) is 0 Å². The average Bonchev–Trinajstić information content (AvgIpc) is 2.61. The maximum atomic E-state index is 12.0. The molecule has 0 unspecified atom stereocenters. The molecular formula is C18H19NO4S. The number of thioether (sulfide) groups is 1. The Kier molecular flexibility index (Phi) is 6.84. The number of hydrogen-bond donors (Lipinski definition) is 1. The maximum absolute atomic E-state index is 12.0. The normalized spacial score (nSPS) is 10.2. The Labute approximate surface area is 145 Å². The van der Waals surface area contributed by atoms with Crippen molar-refractivity contribution in [2.24, 2.45) is 0 Å². The molecule has 0 bridgehead atoms. The van der Waals surface area contributed by atoms with Gasteiger partial charge in [0.1, 0.15) is 0 Å². The Morgan fingerprint density at radius 2 is 1.79 bits per heavy atom. The lowest BCUT2D eigenvalue weighted by Gasteiger charge is -2.09. The molecule has 0 saturated carbocycles. The highest BCUT2D eigenvalue weighted by Crippen LogP contribution is 2.24. The van der Waals surface area contributed by atoms with Crippen LogP contribution in [-0.4, -0.2) is 31.8 Å². The van der Waals surface area contributed by atoms with E-state index in [1.54, 1.807) is 37.4 Å². The number of benzene rings is 2. The lowest BCUT2D eigenvalue weighted by molar-refractivity contribution is -0.119. The van der Waals surface area contributed by atoms with Gasteiger partial charge in [0.15, 0.2) is 6.61 Å². The van der Waals surface area contributed by atoms with E-state index in [0.29, 0.717) is 17.9 Å². The van der Waals surface area contributed by atoms with E-state index in [1.165, 1.54) is 11.8 Å². The zero-order valence-corrected chi connectivity index (χ0v) is 14.4. The van der Waals surface area contributed by atoms with Gasteiger partial charge in [-0.2, -0.15) is 0 Å². The van der Waals surface area contributed by atoms with Crippen molar-refractivity contribution in [2.75, 3.05) is 25.3 Å². The standard InChI is InChI=1S/C18H19NO4S/c1-22-11-13-7-9-14(10-8-13)18(21)23-12-17(20)19-15-5-3-4-6-16(15)24-2/h3-10H,11-12H2,1-2H3,(H,19,20). The predicted molar refractivity (Wildman–Crippen MR) is 94.3 cm³/mol. The molecule has 2 aromatic carbocycles. The number of anilines is 1. The average molecular weight is 345 g/mol. The van der Waals surface area contributed by atoms with Crippen LogP contribution >= 0.6 is 11.8 Å². The number of methoxy groups -OCH3 is 1. The Morgan fingerprint density at radius 1 is 1.08 bits per heavy atom. The molecule has 0 aliphatic heterocycles. The third-order valence-electron chi connectivity index (χ3n) is 3.22. The molecule has 0 aromatic heterocycles. The van der Waals surface area contributed by atoms with Crippen molar-refractivity contribution in [2.45, 2.75) is 11.5 Å². The second-order valence-electron chi connectivity index (χ2n) is 4.95. The number of esters is 1. The van der Waals surface area contributed by atoms with Crippen molar-refractivity contribution < 1.29 is 19.1 Å². The van der Waals surface area contributed by atoms with Gasteiger partial charge < -0.3 is 14.8 Å². The minimum atomic E-state index is -0.535. The van der Waals surface area contributed by atoms with Crippen LogP contribution in [-0.2, 0) is 20.9 Å². The molecule has 6 heteroatoms. The molecule has 0 atom stereocenters. The van der Waals surface area contributed by atoms with Gasteiger partial charge in [-0.3, -0.25) is 4.79 Å². The molecule has 0 saturated heterocycles. The number of hydrogen-bond acceptors (Lipinski definition) is 5. The van der Waals surface area contributed by atoms with Gasteiger partial charge >= 0.3 is 5.97 Å². The second kappa shape index (κ2) is 9.10. The largest absolute Gasteiger partial charge is 0.452 e. The topological polar surface area (TPSA) is 64.6 Å². The monoisotopic (exact) mass is 345 g/mol. The third kappa shape index (κ3) is 5.11. The van der Waals surface area contributed by atoms with E-state index in [9.17, 15) is 9.59 Å². The minimum Gasteiger partial charge on any atom is -0.452 e. The molecule has 2 aromatic rings. The molecule has 0 aliphatic rings. The molecule has 1 amide bonds. The van der Waals surface area contributed by atoms with Gasteiger partial charge in [-0.05, 0) is 36.1 Å². The van der Waals surface area contributed by atoms with Crippen molar-refractivity contribution >= 4 is 29.3 Å². The van der Waals surface area contributed by atoms with Crippen LogP contribution in [0.25, 0.3) is 0 Å². The summed E-state index contributed by atoms with van der Waals surface area (Å²) in [4.78, 5) is 24.8. The number of para-hydroxylation sites is 1. The van der Waals surface area contributed by atoms with Gasteiger partial charge in [-0.25, -0.2) is 4.79 Å². The second-order valence-corrected chi connectivity index (χ2v) is 5.80. The fraction of sp³-hybridized carbons (Fsp3) is 0.222. The van der Waals surface area contributed by atoms with Crippen molar-refractivity contribution in [1.29, 1.82) is 0 Å². The molecule has 0 aliphatic carbocycles. The first-order valence-electron chi connectivity index (χ1n) is 7.32. The zero-order chi connectivity index (χ0) is 17.4. The first-order chi connectivity index (χ1) is 11.6. The number of carbonyl (C=O) groups is 2. The van der Waals surface area contributed by atoms with E-state index >= 15 is 0 Å². The summed E-state index contributed by atoms with van der Waals surface area (Å²) < 4.78 is 10.1. The minimum absolute atomic E-state index is 0.332. The molecule has 0 fully saturated rings. The number of carbonyl (C=O) groups excluding carboxylic acids is 2. The van der Waals surface area contributed by atoms with Crippen LogP contribution in [0.3, 0.4) is 0 Å². The highest BCUT2D eigenvalue weighted by atomic mass is 32.2. The van der Waals surface area contributed by atoms with E-state index in [4.69, 9.17) is 9.47 Å². The fourth-order valence-corrected chi connectivity index (χ4v) is 2.61. The third-order valence-corrected chi connectivity index (χ3v) is 4.01. The van der Waals surface area contributed by atoms with E-state index in [2.05, 4.69) is 5.32 Å². The molecule has 0 heterocycles. The van der Waals surface area contributed by atoms with Crippen LogP contribution in [0.4, 0.5) is 5.69 Å². The molecule has 0 radical (unpaired) electrons. The molecule has 1 N–H and O–H groups in total. The molecule has 2 rings (SSSR count). The highest BCUT2D eigenvalue weighted by Gasteiger charge is 2.11. The first-order valence-corrected chi connectivity index (χ1v) is 8.54. The summed E-state index contributed by atoms with van der Waals surface area (Å²) in [7, 11) is 1.61. The Morgan fingerprint density at radius 3 is 2.46 bits per heavy atom. The highest BCUT2D eigenvalue weighted by molar-refractivity contribution is 7.98. The summed E-state index contributed by atoms with van der Waals surface area (Å²) in [6.45, 7) is 0.147. The summed E-state index contributed by atoms with van der Waals surface area (Å²) in [6.07, 6.45) is 1.93. The van der Waals surface area contributed by atoms with E-state index in [-0.39, 0.29) is 12.5 Å². The van der Waals surface area contributed by atoms with Crippen LogP contribution in [0.15, 0.2) is 53.4 Å². The summed E-state index contributed by atoms with van der Waals surface area (Å²) >= 11 is 1.53. The van der Waals surface area contributed by atoms with E-state index in [0.717, 1.165) is 10.5 Å². The van der Waals surface area contributed by atoms with E-state index in [1.807, 2.05) is 24.5 Å². The molecule has 0 spiro atoms. The van der Waals surface area contributed by atoms with E-state index < -0.39 is 5.97 Å². The maximum Gasteiger partial charge on any atom is 0.338 e. The lowest BCUT2D eigenvalue weighted by Crippen LogP contribution is -2.21. The van der Waals surface area contributed by atoms with Crippen LogP contribution in [0.1, 0.15) is 15.9 Å². The summed E-state index contributed by atoms with van der Waals surface area (Å²) in [6, 6.07) is 14.3.